The molecule has 7 nitrogen and oxygen atoms in total. The molecule has 0 saturated carbocycles. The van der Waals surface area contributed by atoms with E-state index in [0.717, 1.165) is 0 Å². The monoisotopic (exact) mass is 490 g/mol. The molecule has 0 N–H and O–H groups in total. The van der Waals surface area contributed by atoms with Gasteiger partial charge in [-0.05, 0) is 26.0 Å². The van der Waals surface area contributed by atoms with Gasteiger partial charge in [-0.1, -0.05) is 32.0 Å². The number of anilines is 1. The van der Waals surface area contributed by atoms with Crippen molar-refractivity contribution in [3.05, 3.63) is 66.8 Å². The summed E-state index contributed by atoms with van der Waals surface area (Å²) >= 11 is 0. The largest absolute Gasteiger partial charge is 0.349 e. The van der Waals surface area contributed by atoms with Crippen LogP contribution in [-0.4, -0.2) is 55.5 Å². The number of amides is 1. The van der Waals surface area contributed by atoms with Gasteiger partial charge in [-0.3, -0.25) is 9.36 Å². The maximum absolute atomic E-state index is 15.0. The quantitative estimate of drug-likeness (QED) is 0.410. The highest BCUT2D eigenvalue weighted by Crippen LogP contribution is 2.39. The van der Waals surface area contributed by atoms with Crippen LogP contribution in [0, 0.1) is 17.6 Å². The average molecular weight is 491 g/mol. The minimum Gasteiger partial charge on any atom is -0.349 e. The molecule has 4 aromatic rings. The number of hydrogen-bond donors (Lipinski definition) is 0. The smallest absolute Gasteiger partial charge is 0.225 e. The fraction of sp³-hybridized carbons (Fsp3) is 0.333. The van der Waals surface area contributed by atoms with Crippen molar-refractivity contribution in [2.45, 2.75) is 39.8 Å². The highest BCUT2D eigenvalue weighted by Gasteiger charge is 2.35. The maximum atomic E-state index is 15.0. The average Bonchev–Trinajstić information content (AvgIpc) is 3.25. The van der Waals surface area contributed by atoms with Crippen molar-refractivity contribution in [3.8, 4) is 16.9 Å². The van der Waals surface area contributed by atoms with Gasteiger partial charge in [-0.2, -0.15) is 0 Å². The highest BCUT2D eigenvalue weighted by molar-refractivity contribution is 6.02. The van der Waals surface area contributed by atoms with E-state index in [4.69, 9.17) is 0 Å². The van der Waals surface area contributed by atoms with Gasteiger partial charge in [-0.15, -0.1) is 0 Å². The molecule has 0 spiro atoms. The third-order valence-corrected chi connectivity index (χ3v) is 6.72. The van der Waals surface area contributed by atoms with Crippen molar-refractivity contribution in [1.82, 2.24) is 24.4 Å². The van der Waals surface area contributed by atoms with Gasteiger partial charge in [0, 0.05) is 60.7 Å². The zero-order valence-electron chi connectivity index (χ0n) is 20.7. The second kappa shape index (κ2) is 9.29. The van der Waals surface area contributed by atoms with Crippen LogP contribution in [0.1, 0.15) is 27.7 Å². The molecule has 9 heteroatoms. The first kappa shape index (κ1) is 23.8. The van der Waals surface area contributed by atoms with Crippen molar-refractivity contribution in [1.29, 1.82) is 0 Å². The molecule has 0 radical (unpaired) electrons. The van der Waals surface area contributed by atoms with Gasteiger partial charge >= 0.3 is 0 Å². The summed E-state index contributed by atoms with van der Waals surface area (Å²) in [4.78, 5) is 30.3. The summed E-state index contributed by atoms with van der Waals surface area (Å²) in [5.74, 6) is 0.198. The Labute approximate surface area is 208 Å². The van der Waals surface area contributed by atoms with Gasteiger partial charge in [0.05, 0.1) is 5.39 Å². The number of benzene rings is 1. The first-order chi connectivity index (χ1) is 17.3. The lowest BCUT2D eigenvalue weighted by molar-refractivity contribution is -0.137. The molecule has 0 unspecified atom stereocenters. The first-order valence-corrected chi connectivity index (χ1v) is 12.1. The van der Waals surface area contributed by atoms with E-state index in [9.17, 15) is 9.18 Å². The molecule has 1 aliphatic heterocycles. The Bertz CT molecular complexity index is 1440. The fourth-order valence-corrected chi connectivity index (χ4v) is 4.91. The minimum atomic E-state index is -0.433. The third kappa shape index (κ3) is 4.08. The van der Waals surface area contributed by atoms with Gasteiger partial charge in [0.2, 0.25) is 5.91 Å². The van der Waals surface area contributed by atoms with Crippen molar-refractivity contribution >= 4 is 22.8 Å². The minimum absolute atomic E-state index is 0.0360. The second-order valence-electron chi connectivity index (χ2n) is 9.62. The topological polar surface area (TPSA) is 67.2 Å². The van der Waals surface area contributed by atoms with E-state index in [2.05, 4.69) is 19.9 Å². The van der Waals surface area contributed by atoms with E-state index in [1.807, 2.05) is 32.6 Å². The Hall–Kier alpha value is -3.88. The number of piperazine rings is 1. The summed E-state index contributed by atoms with van der Waals surface area (Å²) in [6.45, 7) is 9.00. The molecule has 5 rings (SSSR count). The van der Waals surface area contributed by atoms with Gasteiger partial charge in [0.15, 0.2) is 5.65 Å². The summed E-state index contributed by atoms with van der Waals surface area (Å²) in [5.41, 5.74) is 1.48. The van der Waals surface area contributed by atoms with Crippen LogP contribution >= 0.6 is 0 Å². The van der Waals surface area contributed by atoms with Crippen LogP contribution in [0.15, 0.2) is 55.1 Å². The third-order valence-electron chi connectivity index (χ3n) is 6.72. The molecular weight excluding hydrogens is 462 g/mol. The molecule has 1 amide bonds. The second-order valence-corrected chi connectivity index (χ2v) is 9.62. The summed E-state index contributed by atoms with van der Waals surface area (Å²) in [5, 5.41) is 0.649. The van der Waals surface area contributed by atoms with Crippen molar-refractivity contribution in [2.75, 3.05) is 18.0 Å². The number of carbonyl (C=O) groups excluding carboxylic acids is 1. The number of aromatic nitrogens is 4. The van der Waals surface area contributed by atoms with Crippen LogP contribution in [0.3, 0.4) is 0 Å². The van der Waals surface area contributed by atoms with Crippen molar-refractivity contribution in [3.63, 3.8) is 0 Å². The number of pyridine rings is 1. The van der Waals surface area contributed by atoms with Gasteiger partial charge in [0.25, 0.3) is 0 Å². The van der Waals surface area contributed by atoms with Crippen LogP contribution in [0.4, 0.5) is 14.6 Å². The molecule has 2 atom stereocenters. The van der Waals surface area contributed by atoms with E-state index in [0.29, 0.717) is 46.9 Å². The van der Waals surface area contributed by atoms with E-state index in [-0.39, 0.29) is 29.7 Å². The number of rotatable bonds is 4. The van der Waals surface area contributed by atoms with Crippen LogP contribution in [0.25, 0.3) is 28.0 Å². The van der Waals surface area contributed by atoms with E-state index in [1.54, 1.807) is 29.0 Å². The highest BCUT2D eigenvalue weighted by atomic mass is 19.1. The van der Waals surface area contributed by atoms with E-state index < -0.39 is 5.82 Å². The summed E-state index contributed by atoms with van der Waals surface area (Å²) in [7, 11) is 0. The molecule has 0 bridgehead atoms. The molecule has 4 heterocycles. The molecule has 3 aromatic heterocycles. The Morgan fingerprint density at radius 1 is 1.00 bits per heavy atom. The predicted molar refractivity (Wildman–Crippen MR) is 135 cm³/mol. The zero-order valence-corrected chi connectivity index (χ0v) is 20.7. The van der Waals surface area contributed by atoms with Gasteiger partial charge in [0.1, 0.15) is 29.6 Å². The number of fused-ring (bicyclic) bond motifs is 1. The van der Waals surface area contributed by atoms with Gasteiger partial charge in [-0.25, -0.2) is 23.7 Å². The number of nitrogens with zero attached hydrogens (tertiary/aromatic N) is 6. The van der Waals surface area contributed by atoms with Crippen molar-refractivity contribution < 1.29 is 13.6 Å². The van der Waals surface area contributed by atoms with Crippen LogP contribution in [0.2, 0.25) is 0 Å². The van der Waals surface area contributed by atoms with Crippen molar-refractivity contribution in [2.24, 2.45) is 5.92 Å². The lowest BCUT2D eigenvalue weighted by Crippen LogP contribution is -2.59. The molecule has 36 heavy (non-hydrogen) atoms. The zero-order chi connectivity index (χ0) is 25.6. The summed E-state index contributed by atoms with van der Waals surface area (Å²) in [6, 6.07) is 9.03. The number of hydrogen-bond acceptors (Lipinski definition) is 5. The fourth-order valence-electron chi connectivity index (χ4n) is 4.91. The van der Waals surface area contributed by atoms with Gasteiger partial charge < -0.3 is 9.80 Å². The maximum Gasteiger partial charge on any atom is 0.225 e. The SMILES string of the molecule is CC(C)C(=O)N1C[C@H](C)N(c2ncnc3c2c(-c2ccccc2F)cn3-c2cc(F)ccn2)C[C@H]1C. The molecule has 1 saturated heterocycles. The van der Waals surface area contributed by atoms with Crippen LogP contribution in [-0.2, 0) is 4.79 Å². The van der Waals surface area contributed by atoms with E-state index in [1.165, 1.54) is 30.7 Å². The molecule has 1 aromatic carbocycles. The normalized spacial score (nSPS) is 18.3. The predicted octanol–water partition coefficient (Wildman–Crippen LogP) is 4.84. The number of carbonyl (C=O) groups is 1. The van der Waals surface area contributed by atoms with Crippen LogP contribution < -0.4 is 4.90 Å². The standard InChI is InChI=1S/C27H28F2N6O/c1-16(2)27(36)34-13-17(3)33(12-18(34)4)25-24-21(20-7-5-6-8-22(20)29)14-35(26(24)32-15-31-25)23-11-19(28)9-10-30-23/h5-11,14-18H,12-13H2,1-4H3/t17-,18+/m0/s1. The first-order valence-electron chi connectivity index (χ1n) is 12.1. The molecule has 0 aliphatic carbocycles. The lowest BCUT2D eigenvalue weighted by atomic mass is 10.0. The molecule has 1 fully saturated rings. The lowest BCUT2D eigenvalue weighted by Gasteiger charge is -2.45. The Kier molecular flexibility index (Phi) is 6.15. The van der Waals surface area contributed by atoms with E-state index >= 15 is 4.39 Å². The van der Waals surface area contributed by atoms with Crippen LogP contribution in [0.5, 0.6) is 0 Å². The molecule has 1 aliphatic rings. The summed E-state index contributed by atoms with van der Waals surface area (Å²) < 4.78 is 30.8. The molecule has 186 valence electrons. The Balaban J connectivity index is 1.69. The number of halogens is 2. The Morgan fingerprint density at radius 3 is 2.50 bits per heavy atom. The summed E-state index contributed by atoms with van der Waals surface area (Å²) in [6.07, 6.45) is 4.58. The molecular formula is C27H28F2N6O. The Morgan fingerprint density at radius 2 is 1.78 bits per heavy atom.